The van der Waals surface area contributed by atoms with Crippen LogP contribution in [-0.4, -0.2) is 6.54 Å². The minimum atomic E-state index is 0. The van der Waals surface area contributed by atoms with E-state index in [1.165, 1.54) is 24.8 Å². The first kappa shape index (κ1) is 12.0. The normalized spacial score (nSPS) is 18.1. The highest BCUT2D eigenvalue weighted by molar-refractivity contribution is 9.10. The van der Waals surface area contributed by atoms with Gasteiger partial charge in [-0.1, -0.05) is 34.5 Å². The second-order valence-corrected chi connectivity index (χ2v) is 4.76. The van der Waals surface area contributed by atoms with Crippen molar-refractivity contribution >= 4 is 28.3 Å². The minimum absolute atomic E-state index is 0. The smallest absolute Gasteiger partial charge is 0.0175 e. The Labute approximate surface area is 99.6 Å². The van der Waals surface area contributed by atoms with Crippen molar-refractivity contribution in [2.24, 2.45) is 5.73 Å². The van der Waals surface area contributed by atoms with Crippen molar-refractivity contribution < 1.29 is 0 Å². The van der Waals surface area contributed by atoms with E-state index in [-0.39, 0.29) is 12.4 Å². The molecule has 0 atom stereocenters. The maximum atomic E-state index is 5.83. The molecular formula is C11H15BrClN. The zero-order valence-electron chi connectivity index (χ0n) is 8.00. The largest absolute Gasteiger partial charge is 0.330 e. The Bertz CT molecular complexity index is 287. The summed E-state index contributed by atoms with van der Waals surface area (Å²) in [6.07, 6.45) is 3.84. The highest BCUT2D eigenvalue weighted by Crippen LogP contribution is 2.42. The number of hydrogen-bond donors (Lipinski definition) is 1. The van der Waals surface area contributed by atoms with Gasteiger partial charge in [-0.15, -0.1) is 12.4 Å². The quantitative estimate of drug-likeness (QED) is 0.882. The van der Waals surface area contributed by atoms with Crippen molar-refractivity contribution in [2.75, 3.05) is 6.54 Å². The lowest BCUT2D eigenvalue weighted by molar-refractivity contribution is 0.253. The number of nitrogens with two attached hydrogens (primary N) is 1. The lowest BCUT2D eigenvalue weighted by Crippen LogP contribution is -2.41. The van der Waals surface area contributed by atoms with Crippen LogP contribution in [0.2, 0.25) is 0 Å². The fourth-order valence-corrected chi connectivity index (χ4v) is 2.28. The first-order valence-electron chi connectivity index (χ1n) is 4.73. The van der Waals surface area contributed by atoms with Crippen LogP contribution in [0.1, 0.15) is 24.8 Å². The maximum absolute atomic E-state index is 5.83. The number of rotatable bonds is 2. The number of benzene rings is 1. The van der Waals surface area contributed by atoms with Gasteiger partial charge in [0.05, 0.1) is 0 Å². The van der Waals surface area contributed by atoms with Crippen LogP contribution in [0.3, 0.4) is 0 Å². The topological polar surface area (TPSA) is 26.0 Å². The Morgan fingerprint density at radius 3 is 2.14 bits per heavy atom. The molecule has 0 aromatic heterocycles. The fourth-order valence-electron chi connectivity index (χ4n) is 2.02. The average Bonchev–Trinajstić information content (AvgIpc) is 2.07. The highest BCUT2D eigenvalue weighted by atomic mass is 79.9. The predicted octanol–water partition coefficient (Wildman–Crippen LogP) is 3.25. The van der Waals surface area contributed by atoms with Crippen LogP contribution in [0.15, 0.2) is 28.7 Å². The first-order valence-corrected chi connectivity index (χ1v) is 5.52. The van der Waals surface area contributed by atoms with Crippen molar-refractivity contribution in [3.05, 3.63) is 34.3 Å². The summed E-state index contributed by atoms with van der Waals surface area (Å²) in [5.74, 6) is 0. The molecule has 3 heteroatoms. The zero-order chi connectivity index (χ0) is 9.31. The number of hydrogen-bond acceptors (Lipinski definition) is 1. The molecule has 1 aromatic carbocycles. The van der Waals surface area contributed by atoms with Crippen molar-refractivity contribution in [3.63, 3.8) is 0 Å². The second-order valence-electron chi connectivity index (χ2n) is 3.84. The van der Waals surface area contributed by atoms with Gasteiger partial charge in [0.25, 0.3) is 0 Å². The van der Waals surface area contributed by atoms with E-state index in [4.69, 9.17) is 5.73 Å². The minimum Gasteiger partial charge on any atom is -0.330 e. The van der Waals surface area contributed by atoms with Crippen LogP contribution in [0.25, 0.3) is 0 Å². The molecule has 1 fully saturated rings. The van der Waals surface area contributed by atoms with Crippen LogP contribution in [-0.2, 0) is 5.41 Å². The molecule has 0 heterocycles. The molecule has 0 saturated heterocycles. The van der Waals surface area contributed by atoms with Crippen molar-refractivity contribution in [2.45, 2.75) is 24.7 Å². The van der Waals surface area contributed by atoms with Gasteiger partial charge in [0.15, 0.2) is 0 Å². The first-order chi connectivity index (χ1) is 6.27. The molecule has 1 aliphatic rings. The van der Waals surface area contributed by atoms with E-state index in [1.807, 2.05) is 0 Å². The van der Waals surface area contributed by atoms with E-state index in [0.29, 0.717) is 5.41 Å². The van der Waals surface area contributed by atoms with Crippen LogP contribution >= 0.6 is 28.3 Å². The summed E-state index contributed by atoms with van der Waals surface area (Å²) >= 11 is 3.44. The maximum Gasteiger partial charge on any atom is 0.0175 e. The number of halogens is 2. The van der Waals surface area contributed by atoms with Crippen LogP contribution in [0, 0.1) is 0 Å². The van der Waals surface area contributed by atoms with E-state index in [2.05, 4.69) is 40.2 Å². The zero-order valence-corrected chi connectivity index (χ0v) is 10.4. The molecule has 0 bridgehead atoms. The molecule has 14 heavy (non-hydrogen) atoms. The van der Waals surface area contributed by atoms with Gasteiger partial charge in [-0.2, -0.15) is 0 Å². The molecule has 2 rings (SSSR count). The third kappa shape index (κ3) is 1.97. The van der Waals surface area contributed by atoms with Gasteiger partial charge in [0, 0.05) is 16.4 Å². The van der Waals surface area contributed by atoms with Gasteiger partial charge < -0.3 is 5.73 Å². The highest BCUT2D eigenvalue weighted by Gasteiger charge is 2.36. The van der Waals surface area contributed by atoms with E-state index < -0.39 is 0 Å². The molecule has 1 nitrogen and oxygen atoms in total. The molecule has 1 saturated carbocycles. The van der Waals surface area contributed by atoms with Crippen LogP contribution in [0.4, 0.5) is 0 Å². The summed E-state index contributed by atoms with van der Waals surface area (Å²) in [7, 11) is 0. The van der Waals surface area contributed by atoms with Gasteiger partial charge >= 0.3 is 0 Å². The van der Waals surface area contributed by atoms with Gasteiger partial charge in [0.2, 0.25) is 0 Å². The van der Waals surface area contributed by atoms with E-state index in [0.717, 1.165) is 11.0 Å². The monoisotopic (exact) mass is 275 g/mol. The Morgan fingerprint density at radius 1 is 1.21 bits per heavy atom. The van der Waals surface area contributed by atoms with Gasteiger partial charge in [-0.05, 0) is 30.5 Å². The second kappa shape index (κ2) is 4.65. The predicted molar refractivity (Wildman–Crippen MR) is 66.0 cm³/mol. The molecule has 2 N–H and O–H groups in total. The van der Waals surface area contributed by atoms with Crippen LogP contribution in [0.5, 0.6) is 0 Å². The summed E-state index contributed by atoms with van der Waals surface area (Å²) < 4.78 is 1.14. The van der Waals surface area contributed by atoms with E-state index in [1.54, 1.807) is 0 Å². The molecule has 1 aliphatic carbocycles. The summed E-state index contributed by atoms with van der Waals surface area (Å²) in [6, 6.07) is 8.59. The Hall–Kier alpha value is -0.0500. The van der Waals surface area contributed by atoms with Crippen molar-refractivity contribution in [3.8, 4) is 0 Å². The van der Waals surface area contributed by atoms with Gasteiger partial charge in [0.1, 0.15) is 0 Å². The van der Waals surface area contributed by atoms with E-state index in [9.17, 15) is 0 Å². The van der Waals surface area contributed by atoms with Crippen LogP contribution < -0.4 is 5.73 Å². The Balaban J connectivity index is 0.000000980. The third-order valence-corrected chi connectivity index (χ3v) is 3.69. The molecular weight excluding hydrogens is 261 g/mol. The molecule has 78 valence electrons. The molecule has 0 unspecified atom stereocenters. The van der Waals surface area contributed by atoms with Gasteiger partial charge in [-0.3, -0.25) is 0 Å². The van der Waals surface area contributed by atoms with Gasteiger partial charge in [-0.25, -0.2) is 0 Å². The molecule has 1 aromatic rings. The van der Waals surface area contributed by atoms with E-state index >= 15 is 0 Å². The van der Waals surface area contributed by atoms with Crippen molar-refractivity contribution in [1.29, 1.82) is 0 Å². The fraction of sp³-hybridized carbons (Fsp3) is 0.455. The summed E-state index contributed by atoms with van der Waals surface area (Å²) in [4.78, 5) is 0. The average molecular weight is 277 g/mol. The third-order valence-electron chi connectivity index (χ3n) is 3.16. The Kier molecular flexibility index (Phi) is 3.99. The van der Waals surface area contributed by atoms with Crippen molar-refractivity contribution in [1.82, 2.24) is 0 Å². The standard InChI is InChI=1S/C11H14BrN.ClH/c12-10-4-2-9(3-5-10)11(8-13)6-1-7-11;/h2-5H,1,6-8,13H2;1H. The summed E-state index contributed by atoms with van der Waals surface area (Å²) in [5, 5.41) is 0. The SMILES string of the molecule is Cl.NCC1(c2ccc(Br)cc2)CCC1. The summed E-state index contributed by atoms with van der Waals surface area (Å²) in [5.41, 5.74) is 7.54. The molecule has 0 spiro atoms. The Morgan fingerprint density at radius 2 is 1.79 bits per heavy atom. The molecule has 0 aliphatic heterocycles. The molecule has 0 radical (unpaired) electrons. The molecule has 0 amide bonds. The summed E-state index contributed by atoms with van der Waals surface area (Å²) in [6.45, 7) is 0.786. The lowest BCUT2D eigenvalue weighted by Gasteiger charge is -2.41. The lowest BCUT2D eigenvalue weighted by atomic mass is 9.64.